The van der Waals surface area contributed by atoms with Crippen molar-refractivity contribution < 1.29 is 0 Å². The molecule has 1 atom stereocenters. The molecule has 2 rings (SSSR count). The average molecular weight is 215 g/mol. The molecular weight excluding hydrogens is 198 g/mol. The molecule has 1 aromatic carbocycles. The first-order valence-corrected chi connectivity index (χ1v) is 5.82. The van der Waals surface area contributed by atoms with Gasteiger partial charge in [0.25, 0.3) is 0 Å². The second-order valence-electron chi connectivity index (χ2n) is 4.15. The van der Waals surface area contributed by atoms with Crippen LogP contribution in [0.3, 0.4) is 0 Å². The van der Waals surface area contributed by atoms with Crippen LogP contribution in [0.25, 0.3) is 0 Å². The van der Waals surface area contributed by atoms with Gasteiger partial charge in [-0.25, -0.2) is 0 Å². The van der Waals surface area contributed by atoms with Crippen LogP contribution in [0.15, 0.2) is 24.3 Å². The van der Waals surface area contributed by atoms with Crippen molar-refractivity contribution in [2.75, 3.05) is 24.5 Å². The fourth-order valence-electron chi connectivity index (χ4n) is 2.22. The molecule has 0 amide bonds. The predicted octanol–water partition coefficient (Wildman–Crippen LogP) is 1.75. The standard InChI is InChI=1S/C13H17N3/c1-2-15-12-6-7-16(10-12)13-5-3-4-11(8-13)9-14/h3-5,8,12,15H,2,6-7,10H2,1H3. The third-order valence-electron chi connectivity index (χ3n) is 3.02. The Hall–Kier alpha value is -1.53. The van der Waals surface area contributed by atoms with Crippen LogP contribution in [0.4, 0.5) is 5.69 Å². The molecule has 0 spiro atoms. The second kappa shape index (κ2) is 5.00. The van der Waals surface area contributed by atoms with E-state index in [9.17, 15) is 0 Å². The van der Waals surface area contributed by atoms with Gasteiger partial charge in [-0.2, -0.15) is 5.26 Å². The molecule has 1 saturated heterocycles. The van der Waals surface area contributed by atoms with E-state index in [1.54, 1.807) is 0 Å². The zero-order valence-electron chi connectivity index (χ0n) is 9.61. The highest BCUT2D eigenvalue weighted by Gasteiger charge is 2.21. The van der Waals surface area contributed by atoms with Gasteiger partial charge in [-0.15, -0.1) is 0 Å². The Morgan fingerprint density at radius 1 is 1.56 bits per heavy atom. The molecule has 1 heterocycles. The molecule has 0 radical (unpaired) electrons. The quantitative estimate of drug-likeness (QED) is 0.835. The van der Waals surface area contributed by atoms with Crippen LogP contribution in [-0.2, 0) is 0 Å². The van der Waals surface area contributed by atoms with Crippen LogP contribution in [0.2, 0.25) is 0 Å². The van der Waals surface area contributed by atoms with Crippen molar-refractivity contribution >= 4 is 5.69 Å². The molecule has 1 fully saturated rings. The van der Waals surface area contributed by atoms with Crippen molar-refractivity contribution in [1.29, 1.82) is 5.26 Å². The fraction of sp³-hybridized carbons (Fsp3) is 0.462. The highest BCUT2D eigenvalue weighted by molar-refractivity contribution is 5.52. The van der Waals surface area contributed by atoms with Gasteiger partial charge < -0.3 is 10.2 Å². The van der Waals surface area contributed by atoms with Crippen molar-refractivity contribution in [2.45, 2.75) is 19.4 Å². The van der Waals surface area contributed by atoms with Crippen LogP contribution < -0.4 is 10.2 Å². The molecule has 16 heavy (non-hydrogen) atoms. The van der Waals surface area contributed by atoms with Crippen LogP contribution in [-0.4, -0.2) is 25.7 Å². The minimum Gasteiger partial charge on any atom is -0.370 e. The summed E-state index contributed by atoms with van der Waals surface area (Å²) in [6, 6.07) is 10.6. The smallest absolute Gasteiger partial charge is 0.0992 e. The monoisotopic (exact) mass is 215 g/mol. The van der Waals surface area contributed by atoms with Gasteiger partial charge in [0, 0.05) is 24.8 Å². The van der Waals surface area contributed by atoms with Crippen molar-refractivity contribution in [1.82, 2.24) is 5.32 Å². The maximum Gasteiger partial charge on any atom is 0.0992 e. The Bertz CT molecular complexity index is 394. The van der Waals surface area contributed by atoms with Gasteiger partial charge in [0.2, 0.25) is 0 Å². The van der Waals surface area contributed by atoms with Crippen LogP contribution in [0, 0.1) is 11.3 Å². The van der Waals surface area contributed by atoms with E-state index in [-0.39, 0.29) is 0 Å². The van der Waals surface area contributed by atoms with Gasteiger partial charge in [-0.1, -0.05) is 13.0 Å². The molecule has 1 aliphatic heterocycles. The summed E-state index contributed by atoms with van der Waals surface area (Å²) in [4.78, 5) is 2.34. The number of nitrogens with one attached hydrogen (secondary N) is 1. The van der Waals surface area contributed by atoms with Crippen molar-refractivity contribution in [3.8, 4) is 6.07 Å². The number of nitriles is 1. The van der Waals surface area contributed by atoms with Gasteiger partial charge in [-0.05, 0) is 31.2 Å². The summed E-state index contributed by atoms with van der Waals surface area (Å²) in [6.07, 6.45) is 1.19. The maximum atomic E-state index is 8.86. The fourth-order valence-corrected chi connectivity index (χ4v) is 2.22. The van der Waals surface area contributed by atoms with Crippen molar-refractivity contribution in [3.05, 3.63) is 29.8 Å². The Kier molecular flexibility index (Phi) is 3.43. The number of likely N-dealkylation sites (N-methyl/N-ethyl adjacent to an activating group) is 1. The molecule has 1 aliphatic rings. The van der Waals surface area contributed by atoms with Gasteiger partial charge in [-0.3, -0.25) is 0 Å². The largest absolute Gasteiger partial charge is 0.370 e. The highest BCUT2D eigenvalue weighted by Crippen LogP contribution is 2.21. The zero-order valence-corrected chi connectivity index (χ0v) is 9.61. The van der Waals surface area contributed by atoms with Gasteiger partial charge in [0.1, 0.15) is 0 Å². The lowest BCUT2D eigenvalue weighted by atomic mass is 10.2. The molecule has 0 bridgehead atoms. The Balaban J connectivity index is 2.06. The van der Waals surface area contributed by atoms with Crippen molar-refractivity contribution in [2.24, 2.45) is 0 Å². The molecule has 3 nitrogen and oxygen atoms in total. The molecule has 0 aromatic heterocycles. The zero-order chi connectivity index (χ0) is 11.4. The summed E-state index contributed by atoms with van der Waals surface area (Å²) in [5.74, 6) is 0. The topological polar surface area (TPSA) is 39.1 Å². The van der Waals surface area contributed by atoms with E-state index in [4.69, 9.17) is 5.26 Å². The van der Waals surface area contributed by atoms with Gasteiger partial charge in [0.05, 0.1) is 11.6 Å². The second-order valence-corrected chi connectivity index (χ2v) is 4.15. The molecule has 1 unspecified atom stereocenters. The summed E-state index contributed by atoms with van der Waals surface area (Å²) in [5.41, 5.74) is 1.91. The van der Waals surface area contributed by atoms with E-state index in [1.807, 2.05) is 18.2 Å². The lowest BCUT2D eigenvalue weighted by molar-refractivity contribution is 0.572. The molecule has 1 N–H and O–H groups in total. The van der Waals surface area contributed by atoms with E-state index in [1.165, 1.54) is 12.1 Å². The highest BCUT2D eigenvalue weighted by atomic mass is 15.2. The molecular formula is C13H17N3. The Labute approximate surface area is 96.7 Å². The third kappa shape index (κ3) is 2.34. The van der Waals surface area contributed by atoms with E-state index in [2.05, 4.69) is 29.3 Å². The van der Waals surface area contributed by atoms with E-state index in [0.717, 1.165) is 25.2 Å². The van der Waals surface area contributed by atoms with Crippen LogP contribution in [0.5, 0.6) is 0 Å². The predicted molar refractivity (Wildman–Crippen MR) is 65.5 cm³/mol. The van der Waals surface area contributed by atoms with Crippen molar-refractivity contribution in [3.63, 3.8) is 0 Å². The number of rotatable bonds is 3. The first-order valence-electron chi connectivity index (χ1n) is 5.82. The van der Waals surface area contributed by atoms with Crippen LogP contribution in [0.1, 0.15) is 18.9 Å². The van der Waals surface area contributed by atoms with Crippen LogP contribution >= 0.6 is 0 Å². The van der Waals surface area contributed by atoms with E-state index < -0.39 is 0 Å². The van der Waals surface area contributed by atoms with E-state index >= 15 is 0 Å². The number of anilines is 1. The molecule has 0 saturated carbocycles. The summed E-state index contributed by atoms with van der Waals surface area (Å²) in [7, 11) is 0. The summed E-state index contributed by atoms with van der Waals surface area (Å²) < 4.78 is 0. The average Bonchev–Trinajstić information content (AvgIpc) is 2.78. The van der Waals surface area contributed by atoms with Gasteiger partial charge in [0.15, 0.2) is 0 Å². The maximum absolute atomic E-state index is 8.86. The lowest BCUT2D eigenvalue weighted by Crippen LogP contribution is -2.32. The number of hydrogen-bond acceptors (Lipinski definition) is 3. The minimum absolute atomic E-state index is 0.593. The summed E-state index contributed by atoms with van der Waals surface area (Å²) in [6.45, 7) is 5.28. The molecule has 84 valence electrons. The first-order chi connectivity index (χ1) is 7.83. The Morgan fingerprint density at radius 3 is 3.19 bits per heavy atom. The van der Waals surface area contributed by atoms with E-state index in [0.29, 0.717) is 6.04 Å². The Morgan fingerprint density at radius 2 is 2.44 bits per heavy atom. The first kappa shape index (κ1) is 11.0. The molecule has 0 aliphatic carbocycles. The lowest BCUT2D eigenvalue weighted by Gasteiger charge is -2.19. The van der Waals surface area contributed by atoms with Gasteiger partial charge >= 0.3 is 0 Å². The molecule has 1 aromatic rings. The number of benzene rings is 1. The number of nitrogens with zero attached hydrogens (tertiary/aromatic N) is 2. The molecule has 3 heteroatoms. The summed E-state index contributed by atoms with van der Waals surface area (Å²) >= 11 is 0. The normalized spacial score (nSPS) is 19.8. The SMILES string of the molecule is CCNC1CCN(c2cccc(C#N)c2)C1. The minimum atomic E-state index is 0.593. The number of hydrogen-bond donors (Lipinski definition) is 1. The third-order valence-corrected chi connectivity index (χ3v) is 3.02. The summed E-state index contributed by atoms with van der Waals surface area (Å²) in [5, 5.41) is 12.3.